The van der Waals surface area contributed by atoms with Crippen molar-refractivity contribution in [3.63, 3.8) is 0 Å². The third-order valence-electron chi connectivity index (χ3n) is 3.68. The molecule has 0 atom stereocenters. The van der Waals surface area contributed by atoms with Crippen LogP contribution in [0, 0.1) is 0 Å². The number of carboxylic acids is 1. The first-order valence-corrected chi connectivity index (χ1v) is 8.10. The fourth-order valence-corrected chi connectivity index (χ4v) is 3.06. The lowest BCUT2D eigenvalue weighted by Crippen LogP contribution is -2.54. The van der Waals surface area contributed by atoms with Crippen LogP contribution in [-0.2, 0) is 4.79 Å². The monoisotopic (exact) mass is 369 g/mol. The summed E-state index contributed by atoms with van der Waals surface area (Å²) in [6, 6.07) is 5.18. The van der Waals surface area contributed by atoms with Gasteiger partial charge in [-0.15, -0.1) is 0 Å². The Morgan fingerprint density at radius 3 is 2.55 bits per heavy atom. The van der Waals surface area contributed by atoms with Gasteiger partial charge in [-0.25, -0.2) is 0 Å². The zero-order valence-electron chi connectivity index (χ0n) is 12.7. The van der Waals surface area contributed by atoms with E-state index in [4.69, 9.17) is 9.84 Å². The normalized spacial score (nSPS) is 16.0. The van der Waals surface area contributed by atoms with Crippen LogP contribution < -0.4 is 10.1 Å². The molecule has 1 aliphatic rings. The number of aliphatic carboxylic acids is 1. The van der Waals surface area contributed by atoms with E-state index in [0.29, 0.717) is 24.2 Å². The summed E-state index contributed by atoms with van der Waals surface area (Å²) in [5, 5.41) is 11.9. The molecule has 6 heteroatoms. The average Bonchev–Trinajstić information content (AvgIpc) is 2.33. The van der Waals surface area contributed by atoms with Crippen molar-refractivity contribution in [3.8, 4) is 5.75 Å². The number of benzene rings is 1. The molecule has 0 unspecified atom stereocenters. The highest BCUT2D eigenvalue weighted by atomic mass is 79.9. The van der Waals surface area contributed by atoms with Crippen molar-refractivity contribution in [2.24, 2.45) is 0 Å². The molecule has 1 saturated carbocycles. The molecule has 1 fully saturated rings. The van der Waals surface area contributed by atoms with Crippen LogP contribution >= 0.6 is 15.9 Å². The Hall–Kier alpha value is -1.56. The zero-order chi connectivity index (χ0) is 16.3. The first kappa shape index (κ1) is 16.8. The van der Waals surface area contributed by atoms with Crippen molar-refractivity contribution in [1.82, 2.24) is 5.32 Å². The standard InChI is InChI=1S/C16H20BrNO4/c1-10(2)22-13-7-11(6-12(17)8-13)15(21)18-16(4-3-5-16)9-14(19)20/h6-8,10H,3-5,9H2,1-2H3,(H,18,21)(H,19,20). The minimum atomic E-state index is -0.891. The van der Waals surface area contributed by atoms with Crippen LogP contribution in [0.1, 0.15) is 49.9 Å². The van der Waals surface area contributed by atoms with Crippen molar-refractivity contribution < 1.29 is 19.4 Å². The van der Waals surface area contributed by atoms with E-state index in [1.165, 1.54) is 0 Å². The van der Waals surface area contributed by atoms with Gasteiger partial charge in [0, 0.05) is 10.0 Å². The van der Waals surface area contributed by atoms with E-state index in [9.17, 15) is 9.59 Å². The molecule has 0 radical (unpaired) electrons. The number of amides is 1. The first-order chi connectivity index (χ1) is 10.3. The maximum absolute atomic E-state index is 12.4. The molecule has 120 valence electrons. The second-order valence-electron chi connectivity index (χ2n) is 6.00. The maximum Gasteiger partial charge on any atom is 0.305 e. The largest absolute Gasteiger partial charge is 0.491 e. The molecule has 1 aromatic rings. The molecular formula is C16H20BrNO4. The highest BCUT2D eigenvalue weighted by Gasteiger charge is 2.40. The molecular weight excluding hydrogens is 350 g/mol. The Bertz CT molecular complexity index is 582. The Morgan fingerprint density at radius 2 is 2.05 bits per heavy atom. The number of rotatable bonds is 6. The van der Waals surface area contributed by atoms with Crippen molar-refractivity contribution in [2.45, 2.75) is 51.2 Å². The molecule has 1 amide bonds. The van der Waals surface area contributed by atoms with Crippen LogP contribution in [-0.4, -0.2) is 28.6 Å². The van der Waals surface area contributed by atoms with Gasteiger partial charge in [0.05, 0.1) is 18.1 Å². The molecule has 1 aromatic carbocycles. The van der Waals surface area contributed by atoms with E-state index in [0.717, 1.165) is 10.9 Å². The van der Waals surface area contributed by atoms with Crippen LogP contribution in [0.5, 0.6) is 5.75 Å². The van der Waals surface area contributed by atoms with Gasteiger partial charge >= 0.3 is 5.97 Å². The summed E-state index contributed by atoms with van der Waals surface area (Å²) in [5.41, 5.74) is -0.147. The fraction of sp³-hybridized carbons (Fsp3) is 0.500. The van der Waals surface area contributed by atoms with Gasteiger partial charge in [-0.1, -0.05) is 15.9 Å². The average molecular weight is 370 g/mol. The molecule has 0 aliphatic heterocycles. The van der Waals surface area contributed by atoms with Gasteiger partial charge in [0.25, 0.3) is 5.91 Å². The number of nitrogens with one attached hydrogen (secondary N) is 1. The van der Waals surface area contributed by atoms with E-state index in [-0.39, 0.29) is 18.4 Å². The second kappa shape index (κ2) is 6.69. The van der Waals surface area contributed by atoms with Crippen LogP contribution in [0.25, 0.3) is 0 Å². The van der Waals surface area contributed by atoms with Gasteiger partial charge in [0.15, 0.2) is 0 Å². The van der Waals surface area contributed by atoms with Gasteiger partial charge in [0.1, 0.15) is 5.75 Å². The minimum Gasteiger partial charge on any atom is -0.491 e. The van der Waals surface area contributed by atoms with E-state index in [2.05, 4.69) is 21.2 Å². The number of ether oxygens (including phenoxy) is 1. The molecule has 2 N–H and O–H groups in total. The number of carboxylic acid groups (broad SMARTS) is 1. The number of carbonyl (C=O) groups excluding carboxylic acids is 1. The Kier molecular flexibility index (Phi) is 5.11. The molecule has 22 heavy (non-hydrogen) atoms. The summed E-state index contributed by atoms with van der Waals surface area (Å²) in [7, 11) is 0. The van der Waals surface area contributed by atoms with Crippen molar-refractivity contribution >= 4 is 27.8 Å². The first-order valence-electron chi connectivity index (χ1n) is 7.31. The summed E-state index contributed by atoms with van der Waals surface area (Å²) in [5.74, 6) is -0.552. The predicted octanol–water partition coefficient (Wildman–Crippen LogP) is 3.36. The molecule has 0 heterocycles. The lowest BCUT2D eigenvalue weighted by atomic mass is 9.74. The Balaban J connectivity index is 2.15. The number of hydrogen-bond acceptors (Lipinski definition) is 3. The molecule has 0 aromatic heterocycles. The van der Waals surface area contributed by atoms with E-state index < -0.39 is 11.5 Å². The van der Waals surface area contributed by atoms with Crippen molar-refractivity contribution in [3.05, 3.63) is 28.2 Å². The van der Waals surface area contributed by atoms with Crippen LogP contribution in [0.2, 0.25) is 0 Å². The predicted molar refractivity (Wildman–Crippen MR) is 86.2 cm³/mol. The molecule has 0 bridgehead atoms. The van der Waals surface area contributed by atoms with Crippen molar-refractivity contribution in [1.29, 1.82) is 0 Å². The van der Waals surface area contributed by atoms with E-state index in [1.54, 1.807) is 18.2 Å². The highest BCUT2D eigenvalue weighted by Crippen LogP contribution is 2.35. The SMILES string of the molecule is CC(C)Oc1cc(Br)cc(C(=O)NC2(CC(=O)O)CCC2)c1. The van der Waals surface area contributed by atoms with Crippen molar-refractivity contribution in [2.75, 3.05) is 0 Å². The Labute approximate surface area is 138 Å². The topological polar surface area (TPSA) is 75.6 Å². The zero-order valence-corrected chi connectivity index (χ0v) is 14.3. The van der Waals surface area contributed by atoms with Crippen LogP contribution in [0.15, 0.2) is 22.7 Å². The molecule has 1 aliphatic carbocycles. The van der Waals surface area contributed by atoms with Gasteiger partial charge < -0.3 is 15.2 Å². The molecule has 5 nitrogen and oxygen atoms in total. The highest BCUT2D eigenvalue weighted by molar-refractivity contribution is 9.10. The molecule has 0 saturated heterocycles. The number of halogens is 1. The van der Waals surface area contributed by atoms with E-state index >= 15 is 0 Å². The Morgan fingerprint density at radius 1 is 1.36 bits per heavy atom. The van der Waals surface area contributed by atoms with Gasteiger partial charge in [-0.3, -0.25) is 9.59 Å². The molecule has 0 spiro atoms. The lowest BCUT2D eigenvalue weighted by Gasteiger charge is -2.41. The number of carbonyl (C=O) groups is 2. The van der Waals surface area contributed by atoms with E-state index in [1.807, 2.05) is 13.8 Å². The summed E-state index contributed by atoms with van der Waals surface area (Å²) in [6.45, 7) is 3.83. The van der Waals surface area contributed by atoms with Gasteiger partial charge in [-0.2, -0.15) is 0 Å². The number of hydrogen-bond donors (Lipinski definition) is 2. The maximum atomic E-state index is 12.4. The van der Waals surface area contributed by atoms with Gasteiger partial charge in [0.2, 0.25) is 0 Å². The third-order valence-corrected chi connectivity index (χ3v) is 4.14. The van der Waals surface area contributed by atoms with Crippen LogP contribution in [0.3, 0.4) is 0 Å². The summed E-state index contributed by atoms with van der Waals surface area (Å²) < 4.78 is 6.36. The minimum absolute atomic E-state index is 0.00944. The summed E-state index contributed by atoms with van der Waals surface area (Å²) in [4.78, 5) is 23.4. The quantitative estimate of drug-likeness (QED) is 0.805. The van der Waals surface area contributed by atoms with Gasteiger partial charge in [-0.05, 0) is 51.3 Å². The second-order valence-corrected chi connectivity index (χ2v) is 6.92. The lowest BCUT2D eigenvalue weighted by molar-refractivity contribution is -0.139. The van der Waals surface area contributed by atoms with Crippen LogP contribution in [0.4, 0.5) is 0 Å². The fourth-order valence-electron chi connectivity index (χ4n) is 2.59. The molecule has 2 rings (SSSR count). The third kappa shape index (κ3) is 4.22. The summed E-state index contributed by atoms with van der Waals surface area (Å²) in [6.07, 6.45) is 2.31. The smallest absolute Gasteiger partial charge is 0.305 e. The summed E-state index contributed by atoms with van der Waals surface area (Å²) >= 11 is 3.37.